The van der Waals surface area contributed by atoms with Crippen molar-refractivity contribution in [2.45, 2.75) is 50.7 Å². The van der Waals surface area contributed by atoms with Crippen molar-refractivity contribution in [3.8, 4) is 5.75 Å². The highest BCUT2D eigenvalue weighted by Gasteiger charge is 2.42. The van der Waals surface area contributed by atoms with E-state index < -0.39 is 5.60 Å². The second-order valence-corrected chi connectivity index (χ2v) is 9.80. The lowest BCUT2D eigenvalue weighted by Gasteiger charge is -2.43. The number of hydrogen-bond acceptors (Lipinski definition) is 6. The minimum atomic E-state index is -0.916. The van der Waals surface area contributed by atoms with Crippen molar-refractivity contribution in [1.82, 2.24) is 9.80 Å². The molecule has 34 heavy (non-hydrogen) atoms. The summed E-state index contributed by atoms with van der Waals surface area (Å²) in [7, 11) is 0. The van der Waals surface area contributed by atoms with Gasteiger partial charge in [-0.15, -0.1) is 0 Å². The third kappa shape index (κ3) is 6.62. The molecule has 0 aromatic heterocycles. The number of hydrogen-bond donors (Lipinski definition) is 0. The van der Waals surface area contributed by atoms with E-state index in [-0.39, 0.29) is 30.9 Å². The van der Waals surface area contributed by atoms with Crippen LogP contribution in [0.15, 0.2) is 18.2 Å². The molecule has 2 amide bonds. The first kappa shape index (κ1) is 25.2. The van der Waals surface area contributed by atoms with Crippen LogP contribution in [-0.2, 0) is 23.8 Å². The number of benzene rings is 1. The van der Waals surface area contributed by atoms with Crippen LogP contribution in [0.2, 0.25) is 5.02 Å². The lowest BCUT2D eigenvalue weighted by atomic mass is 9.96. The largest absolute Gasteiger partial charge is 0.490 e. The first-order chi connectivity index (χ1) is 16.4. The molecule has 0 radical (unpaired) electrons. The van der Waals surface area contributed by atoms with E-state index in [2.05, 4.69) is 0 Å². The van der Waals surface area contributed by atoms with Crippen molar-refractivity contribution >= 4 is 23.4 Å². The van der Waals surface area contributed by atoms with E-state index in [1.54, 1.807) is 17.0 Å². The Morgan fingerprint density at radius 1 is 1.12 bits per heavy atom. The van der Waals surface area contributed by atoms with Crippen molar-refractivity contribution < 1.29 is 28.5 Å². The maximum absolute atomic E-state index is 13.2. The fourth-order valence-electron chi connectivity index (χ4n) is 4.74. The highest BCUT2D eigenvalue weighted by molar-refractivity contribution is 6.31. The van der Waals surface area contributed by atoms with Crippen LogP contribution in [0.1, 0.15) is 37.7 Å². The van der Waals surface area contributed by atoms with Crippen molar-refractivity contribution in [2.75, 3.05) is 59.2 Å². The molecule has 3 aliphatic heterocycles. The quantitative estimate of drug-likeness (QED) is 0.553. The van der Waals surface area contributed by atoms with Crippen LogP contribution in [0.3, 0.4) is 0 Å². The number of carbonyl (C=O) groups excluding carboxylic acids is 2. The summed E-state index contributed by atoms with van der Waals surface area (Å²) in [6, 6.07) is 5.47. The molecule has 1 aromatic rings. The van der Waals surface area contributed by atoms with Gasteiger partial charge in [-0.25, -0.2) is 0 Å². The van der Waals surface area contributed by atoms with Crippen LogP contribution in [-0.4, -0.2) is 92.5 Å². The molecule has 2 atom stereocenters. The first-order valence-electron chi connectivity index (χ1n) is 12.2. The summed E-state index contributed by atoms with van der Waals surface area (Å²) in [6.07, 6.45) is 3.57. The summed E-state index contributed by atoms with van der Waals surface area (Å²) in [5, 5.41) is 0.668. The maximum atomic E-state index is 13.2. The summed E-state index contributed by atoms with van der Waals surface area (Å²) < 4.78 is 23.4. The molecule has 1 aromatic carbocycles. The predicted octanol–water partition coefficient (Wildman–Crippen LogP) is 2.83. The average Bonchev–Trinajstić information content (AvgIpc) is 3.38. The Kier molecular flexibility index (Phi) is 8.69. The summed E-state index contributed by atoms with van der Waals surface area (Å²) in [5.74, 6) is 0.725. The van der Waals surface area contributed by atoms with Gasteiger partial charge in [0.25, 0.3) is 0 Å². The standard InChI is InChI=1S/C25H35ClN2O6/c1-19-15-21(4-6-22(19)26)33-18-25(16-24(30)27-8-12-31-13-9-27)17-28(10-14-34-25)23(29)7-5-20-3-2-11-32-20/h4,6,15,20H,2-3,5,7-14,16-18H2,1H3/t20-,25-/m0/s1. The van der Waals surface area contributed by atoms with Crippen LogP contribution in [0.25, 0.3) is 0 Å². The second-order valence-electron chi connectivity index (χ2n) is 9.39. The maximum Gasteiger partial charge on any atom is 0.225 e. The molecule has 188 valence electrons. The Balaban J connectivity index is 1.44. The zero-order chi connectivity index (χ0) is 24.0. The van der Waals surface area contributed by atoms with E-state index in [1.807, 2.05) is 17.9 Å². The van der Waals surface area contributed by atoms with Gasteiger partial charge in [0.1, 0.15) is 18.0 Å². The third-order valence-electron chi connectivity index (χ3n) is 6.77. The van der Waals surface area contributed by atoms with Crippen LogP contribution >= 0.6 is 11.6 Å². The van der Waals surface area contributed by atoms with Gasteiger partial charge in [-0.1, -0.05) is 11.6 Å². The Morgan fingerprint density at radius 2 is 1.91 bits per heavy atom. The highest BCUT2D eigenvalue weighted by Crippen LogP contribution is 2.28. The topological polar surface area (TPSA) is 77.5 Å². The molecule has 3 aliphatic rings. The van der Waals surface area contributed by atoms with Crippen LogP contribution < -0.4 is 4.74 Å². The first-order valence-corrected chi connectivity index (χ1v) is 12.6. The van der Waals surface area contributed by atoms with E-state index in [0.717, 1.165) is 31.4 Å². The SMILES string of the molecule is Cc1cc(OC[C@]2(CC(=O)N3CCOCC3)CN(C(=O)CC[C@@H]3CCCO3)CCO2)ccc1Cl. The number of carbonyl (C=O) groups is 2. The number of morpholine rings is 2. The van der Waals surface area contributed by atoms with E-state index in [1.165, 1.54) is 0 Å². The van der Waals surface area contributed by atoms with Crippen LogP contribution in [0.4, 0.5) is 0 Å². The van der Waals surface area contributed by atoms with Gasteiger partial charge in [0.05, 0.1) is 38.9 Å². The lowest BCUT2D eigenvalue weighted by Crippen LogP contribution is -2.58. The molecular weight excluding hydrogens is 460 g/mol. The minimum Gasteiger partial charge on any atom is -0.490 e. The van der Waals surface area contributed by atoms with Gasteiger partial charge in [-0.05, 0) is 49.9 Å². The van der Waals surface area contributed by atoms with Gasteiger partial charge >= 0.3 is 0 Å². The van der Waals surface area contributed by atoms with E-state index >= 15 is 0 Å². The lowest BCUT2D eigenvalue weighted by molar-refractivity contribution is -0.167. The normalized spacial score (nSPS) is 25.4. The number of ether oxygens (including phenoxy) is 4. The monoisotopic (exact) mass is 494 g/mol. The number of halogens is 1. The highest BCUT2D eigenvalue weighted by atomic mass is 35.5. The van der Waals surface area contributed by atoms with E-state index in [9.17, 15) is 9.59 Å². The fourth-order valence-corrected chi connectivity index (χ4v) is 4.86. The molecule has 8 nitrogen and oxygen atoms in total. The average molecular weight is 495 g/mol. The molecule has 3 fully saturated rings. The Morgan fingerprint density at radius 3 is 2.65 bits per heavy atom. The molecule has 4 rings (SSSR count). The Hall–Kier alpha value is -1.87. The minimum absolute atomic E-state index is 0.00663. The molecule has 0 spiro atoms. The number of rotatable bonds is 8. The molecule has 3 heterocycles. The smallest absolute Gasteiger partial charge is 0.225 e. The van der Waals surface area contributed by atoms with Gasteiger partial charge in [0.2, 0.25) is 11.8 Å². The molecule has 0 aliphatic carbocycles. The van der Waals surface area contributed by atoms with Crippen molar-refractivity contribution in [1.29, 1.82) is 0 Å². The van der Waals surface area contributed by atoms with Crippen molar-refractivity contribution in [3.63, 3.8) is 0 Å². The van der Waals surface area contributed by atoms with Crippen molar-refractivity contribution in [3.05, 3.63) is 28.8 Å². The fraction of sp³-hybridized carbons (Fsp3) is 0.680. The number of aryl methyl sites for hydroxylation is 1. The molecule has 0 N–H and O–H groups in total. The van der Waals surface area contributed by atoms with Crippen molar-refractivity contribution in [2.24, 2.45) is 0 Å². The predicted molar refractivity (Wildman–Crippen MR) is 127 cm³/mol. The van der Waals surface area contributed by atoms with Crippen LogP contribution in [0.5, 0.6) is 5.75 Å². The van der Waals surface area contributed by atoms with Gasteiger partial charge in [-0.2, -0.15) is 0 Å². The molecule has 0 bridgehead atoms. The number of amides is 2. The zero-order valence-corrected chi connectivity index (χ0v) is 20.7. The second kappa shape index (κ2) is 11.7. The summed E-state index contributed by atoms with van der Waals surface area (Å²) >= 11 is 6.15. The molecule has 3 saturated heterocycles. The molecule has 9 heteroatoms. The van der Waals surface area contributed by atoms with E-state index in [0.29, 0.717) is 63.2 Å². The molecule has 0 unspecified atom stereocenters. The Bertz CT molecular complexity index is 856. The molecule has 0 saturated carbocycles. The zero-order valence-electron chi connectivity index (χ0n) is 19.9. The van der Waals surface area contributed by atoms with Crippen LogP contribution in [0, 0.1) is 6.92 Å². The molecular formula is C25H35ClN2O6. The summed E-state index contributed by atoms with van der Waals surface area (Å²) in [5.41, 5.74) is -0.00569. The van der Waals surface area contributed by atoms with E-state index in [4.69, 9.17) is 30.5 Å². The summed E-state index contributed by atoms with van der Waals surface area (Å²) in [6.45, 7) is 6.26. The number of nitrogens with zero attached hydrogens (tertiary/aromatic N) is 2. The third-order valence-corrected chi connectivity index (χ3v) is 7.20. The Labute approximate surface area is 206 Å². The summed E-state index contributed by atoms with van der Waals surface area (Å²) in [4.78, 5) is 29.8. The van der Waals surface area contributed by atoms with Gasteiger partial charge < -0.3 is 28.7 Å². The van der Waals surface area contributed by atoms with Gasteiger partial charge in [0, 0.05) is 37.7 Å². The van der Waals surface area contributed by atoms with Gasteiger partial charge in [0.15, 0.2) is 0 Å². The van der Waals surface area contributed by atoms with Gasteiger partial charge in [-0.3, -0.25) is 9.59 Å².